The van der Waals surface area contributed by atoms with Crippen molar-refractivity contribution in [3.63, 3.8) is 0 Å². The van der Waals surface area contributed by atoms with Crippen LogP contribution in [0.3, 0.4) is 0 Å². The van der Waals surface area contributed by atoms with E-state index in [1.807, 2.05) is 12.1 Å². The maximum absolute atomic E-state index is 12.1. The van der Waals surface area contributed by atoms with Crippen molar-refractivity contribution < 1.29 is 4.79 Å². The molecule has 1 aliphatic rings. The predicted molar refractivity (Wildman–Crippen MR) is 110 cm³/mol. The Morgan fingerprint density at radius 1 is 0.962 bits per heavy atom. The number of amides is 1. The van der Waals surface area contributed by atoms with E-state index >= 15 is 0 Å². The molecule has 2 aromatic carbocycles. The average molecular weight is 415 g/mol. The molecule has 4 heteroatoms. The van der Waals surface area contributed by atoms with Gasteiger partial charge in [-0.1, -0.05) is 58.7 Å². The van der Waals surface area contributed by atoms with Crippen LogP contribution in [0.15, 0.2) is 53.0 Å². The molecule has 0 radical (unpaired) electrons. The van der Waals surface area contributed by atoms with Crippen molar-refractivity contribution in [2.24, 2.45) is 0 Å². The number of rotatable bonds is 7. The molecule has 0 saturated carbocycles. The lowest BCUT2D eigenvalue weighted by Gasteiger charge is -2.26. The maximum Gasteiger partial charge on any atom is 0.220 e. The number of piperidine rings is 1. The Balaban J connectivity index is 1.40. The summed E-state index contributed by atoms with van der Waals surface area (Å²) in [5.41, 5.74) is 3.69. The van der Waals surface area contributed by atoms with E-state index in [9.17, 15) is 4.79 Å². The topological polar surface area (TPSA) is 32.3 Å². The van der Waals surface area contributed by atoms with E-state index in [2.05, 4.69) is 62.5 Å². The number of hydrogen-bond donors (Lipinski definition) is 1. The first kappa shape index (κ1) is 19.1. The summed E-state index contributed by atoms with van der Waals surface area (Å²) in [5.74, 6) is 0.0994. The molecule has 1 saturated heterocycles. The highest BCUT2D eigenvalue weighted by molar-refractivity contribution is 9.10. The van der Waals surface area contributed by atoms with Crippen molar-refractivity contribution in [2.45, 2.75) is 45.2 Å². The van der Waals surface area contributed by atoms with E-state index < -0.39 is 0 Å². The Kier molecular flexibility index (Phi) is 7.27. The molecule has 1 heterocycles. The van der Waals surface area contributed by atoms with E-state index in [1.54, 1.807) is 0 Å². The highest BCUT2D eigenvalue weighted by Crippen LogP contribution is 2.14. The van der Waals surface area contributed by atoms with Gasteiger partial charge in [0.25, 0.3) is 0 Å². The number of nitrogens with one attached hydrogen (secondary N) is 1. The van der Waals surface area contributed by atoms with Crippen molar-refractivity contribution >= 4 is 21.8 Å². The Bertz CT molecular complexity index is 708. The summed E-state index contributed by atoms with van der Waals surface area (Å²) in [6, 6.07) is 16.8. The summed E-state index contributed by atoms with van der Waals surface area (Å²) in [5, 5.41) is 3.02. The number of likely N-dealkylation sites (tertiary alicyclic amines) is 1. The fraction of sp³-hybridized carbons (Fsp3) is 0.409. The molecule has 1 fully saturated rings. The first-order valence-electron chi connectivity index (χ1n) is 9.50. The van der Waals surface area contributed by atoms with E-state index in [0.29, 0.717) is 13.0 Å². The molecule has 0 atom stereocenters. The van der Waals surface area contributed by atoms with Crippen LogP contribution in [0, 0.1) is 0 Å². The van der Waals surface area contributed by atoms with Crippen molar-refractivity contribution in [3.8, 4) is 0 Å². The highest BCUT2D eigenvalue weighted by atomic mass is 79.9. The quantitative estimate of drug-likeness (QED) is 0.712. The third kappa shape index (κ3) is 6.26. The largest absolute Gasteiger partial charge is 0.352 e. The molecular formula is C22H27BrN2O. The fourth-order valence-electron chi connectivity index (χ4n) is 3.38. The second-order valence-electron chi connectivity index (χ2n) is 7.06. The van der Waals surface area contributed by atoms with Gasteiger partial charge in [-0.2, -0.15) is 0 Å². The molecule has 0 aromatic heterocycles. The molecule has 3 nitrogen and oxygen atoms in total. The summed E-state index contributed by atoms with van der Waals surface area (Å²) >= 11 is 3.46. The normalized spacial score (nSPS) is 15.0. The Hall–Kier alpha value is -1.65. The third-order valence-electron chi connectivity index (χ3n) is 4.90. The minimum atomic E-state index is 0.0994. The smallest absolute Gasteiger partial charge is 0.220 e. The minimum Gasteiger partial charge on any atom is -0.352 e. The van der Waals surface area contributed by atoms with E-state index in [1.165, 1.54) is 43.5 Å². The fourth-order valence-corrected chi connectivity index (χ4v) is 3.82. The Labute approximate surface area is 164 Å². The monoisotopic (exact) mass is 414 g/mol. The number of halogens is 1. The number of benzene rings is 2. The van der Waals surface area contributed by atoms with Gasteiger partial charge in [-0.3, -0.25) is 9.69 Å². The van der Waals surface area contributed by atoms with E-state index in [-0.39, 0.29) is 5.91 Å². The standard InChI is InChI=1S/C22H27BrN2O/c23-21-6-4-5-18(15-21)11-12-22(26)24-16-19-7-9-20(10-8-19)17-25-13-2-1-3-14-25/h4-10,15H,1-3,11-14,16-17H2,(H,24,26). The molecule has 2 aromatic rings. The number of nitrogens with zero attached hydrogens (tertiary/aromatic N) is 1. The second-order valence-corrected chi connectivity index (χ2v) is 7.98. The lowest BCUT2D eigenvalue weighted by Crippen LogP contribution is -2.29. The lowest BCUT2D eigenvalue weighted by molar-refractivity contribution is -0.121. The summed E-state index contributed by atoms with van der Waals surface area (Å²) in [6.45, 7) is 4.08. The minimum absolute atomic E-state index is 0.0994. The van der Waals surface area contributed by atoms with E-state index in [4.69, 9.17) is 0 Å². The molecule has 1 N–H and O–H groups in total. The van der Waals surface area contributed by atoms with Gasteiger partial charge in [-0.25, -0.2) is 0 Å². The average Bonchev–Trinajstić information content (AvgIpc) is 2.67. The number of carbonyl (C=O) groups is 1. The van der Waals surface area contributed by atoms with Gasteiger partial charge >= 0.3 is 0 Å². The molecule has 26 heavy (non-hydrogen) atoms. The van der Waals surface area contributed by atoms with Crippen LogP contribution >= 0.6 is 15.9 Å². The molecular weight excluding hydrogens is 388 g/mol. The Morgan fingerprint density at radius 2 is 1.69 bits per heavy atom. The summed E-state index contributed by atoms with van der Waals surface area (Å²) in [7, 11) is 0. The van der Waals surface area contributed by atoms with Crippen LogP contribution in [0.1, 0.15) is 42.4 Å². The van der Waals surface area contributed by atoms with Crippen LogP contribution in [0.5, 0.6) is 0 Å². The van der Waals surface area contributed by atoms with Gasteiger partial charge in [0.15, 0.2) is 0 Å². The van der Waals surface area contributed by atoms with Crippen LogP contribution in [0.4, 0.5) is 0 Å². The zero-order valence-corrected chi connectivity index (χ0v) is 16.8. The van der Waals surface area contributed by atoms with Crippen molar-refractivity contribution in [1.82, 2.24) is 10.2 Å². The zero-order valence-electron chi connectivity index (χ0n) is 15.2. The number of aryl methyl sites for hydroxylation is 1. The molecule has 3 rings (SSSR count). The molecule has 1 aliphatic heterocycles. The first-order chi connectivity index (χ1) is 12.7. The maximum atomic E-state index is 12.1. The summed E-state index contributed by atoms with van der Waals surface area (Å²) in [4.78, 5) is 14.6. The molecule has 0 spiro atoms. The van der Waals surface area contributed by atoms with Gasteiger partial charge in [0.2, 0.25) is 5.91 Å². The van der Waals surface area contributed by atoms with Crippen LogP contribution in [-0.4, -0.2) is 23.9 Å². The van der Waals surface area contributed by atoms with Crippen LogP contribution in [-0.2, 0) is 24.3 Å². The summed E-state index contributed by atoms with van der Waals surface area (Å²) < 4.78 is 1.06. The van der Waals surface area contributed by atoms with Gasteiger partial charge < -0.3 is 5.32 Å². The van der Waals surface area contributed by atoms with Crippen molar-refractivity contribution in [3.05, 3.63) is 69.7 Å². The number of carbonyl (C=O) groups excluding carboxylic acids is 1. The van der Waals surface area contributed by atoms with Gasteiger partial charge in [0.1, 0.15) is 0 Å². The van der Waals surface area contributed by atoms with Gasteiger partial charge in [0.05, 0.1) is 0 Å². The highest BCUT2D eigenvalue weighted by Gasteiger charge is 2.10. The first-order valence-corrected chi connectivity index (χ1v) is 10.3. The van der Waals surface area contributed by atoms with Crippen LogP contribution in [0.2, 0.25) is 0 Å². The van der Waals surface area contributed by atoms with Crippen molar-refractivity contribution in [2.75, 3.05) is 13.1 Å². The van der Waals surface area contributed by atoms with Crippen molar-refractivity contribution in [1.29, 1.82) is 0 Å². The van der Waals surface area contributed by atoms with Gasteiger partial charge in [-0.15, -0.1) is 0 Å². The Morgan fingerprint density at radius 3 is 2.42 bits per heavy atom. The number of hydrogen-bond acceptors (Lipinski definition) is 2. The second kappa shape index (κ2) is 9.89. The van der Waals surface area contributed by atoms with Crippen LogP contribution < -0.4 is 5.32 Å². The zero-order chi connectivity index (χ0) is 18.2. The predicted octanol–water partition coefficient (Wildman–Crippen LogP) is 4.68. The SMILES string of the molecule is O=C(CCc1cccc(Br)c1)NCc1ccc(CN2CCCCC2)cc1. The van der Waals surface area contributed by atoms with Gasteiger partial charge in [-0.05, 0) is 61.2 Å². The van der Waals surface area contributed by atoms with Gasteiger partial charge in [0, 0.05) is 24.0 Å². The molecule has 0 unspecified atom stereocenters. The third-order valence-corrected chi connectivity index (χ3v) is 5.39. The lowest BCUT2D eigenvalue weighted by atomic mass is 10.1. The van der Waals surface area contributed by atoms with Crippen LogP contribution in [0.25, 0.3) is 0 Å². The summed E-state index contributed by atoms with van der Waals surface area (Å²) in [6.07, 6.45) is 5.30. The molecule has 0 bridgehead atoms. The molecule has 1 amide bonds. The molecule has 0 aliphatic carbocycles. The molecule has 138 valence electrons. The van der Waals surface area contributed by atoms with E-state index in [0.717, 1.165) is 23.0 Å².